The van der Waals surface area contributed by atoms with Gasteiger partial charge < -0.3 is 0 Å². The van der Waals surface area contributed by atoms with Gasteiger partial charge in [-0.05, 0) is 18.6 Å². The maximum Gasteiger partial charge on any atom is 0.316 e. The zero-order valence-electron chi connectivity index (χ0n) is 16.6. The summed E-state index contributed by atoms with van der Waals surface area (Å²) in [5.41, 5.74) is 0. The van der Waals surface area contributed by atoms with Crippen molar-refractivity contribution < 1.29 is 12.6 Å². The van der Waals surface area contributed by atoms with Crippen LogP contribution in [0.2, 0.25) is 0 Å². The Kier molecular flexibility index (Phi) is 17.9. The number of benzene rings is 1. The quantitative estimate of drug-likeness (QED) is 0.181. The predicted octanol–water partition coefficient (Wildman–Crippen LogP) is 5.96. The Morgan fingerprint density at radius 1 is 0.667 bits per heavy atom. The molecule has 0 saturated carbocycles. The van der Waals surface area contributed by atoms with Gasteiger partial charge in [-0.15, -0.1) is 0 Å². The van der Waals surface area contributed by atoms with E-state index in [1.54, 1.807) is 30.3 Å². The van der Waals surface area contributed by atoms with Gasteiger partial charge in [0.25, 0.3) is 10.1 Å². The topological polar surface area (TPSA) is 43.4 Å². The van der Waals surface area contributed by atoms with Gasteiger partial charge in [-0.25, -0.2) is 0 Å². The maximum absolute atomic E-state index is 11.9. The first-order valence-electron chi connectivity index (χ1n) is 10.6. The third-order valence-corrected chi connectivity index (χ3v) is 6.09. The van der Waals surface area contributed by atoms with Crippen molar-refractivity contribution in [1.82, 2.24) is 0 Å². The smallest absolute Gasteiger partial charge is 0.266 e. The van der Waals surface area contributed by atoms with Gasteiger partial charge in [-0.1, -0.05) is 109 Å². The average Bonchev–Trinajstić information content (AvgIpc) is 2.65. The Balaban J connectivity index is 0.00000676. The van der Waals surface area contributed by atoms with Crippen LogP contribution in [-0.2, 0) is 14.3 Å². The summed E-state index contributed by atoms with van der Waals surface area (Å²) in [6.45, 7) is 2.55. The highest BCUT2D eigenvalue weighted by atomic mass is 32.2. The van der Waals surface area contributed by atoms with Crippen molar-refractivity contribution in [1.29, 1.82) is 0 Å². The first kappa shape index (κ1) is 26.9. The molecule has 0 saturated heterocycles. The standard InChI is InChI=1S/C22H38O3S.Mg.2H/c1-2-3-4-5-6-7-8-9-10-11-12-13-14-18-21-25-26(23,24)22-19-16-15-17-20-22;;;/h15-17,19-20H,2-14,18,21H2,1H3;;;. The zero-order chi connectivity index (χ0) is 18.9. The lowest BCUT2D eigenvalue weighted by Crippen LogP contribution is -2.07. The van der Waals surface area contributed by atoms with E-state index in [2.05, 4.69) is 6.92 Å². The molecule has 0 N–H and O–H groups in total. The Labute approximate surface area is 183 Å². The van der Waals surface area contributed by atoms with Gasteiger partial charge in [0, 0.05) is 0 Å². The summed E-state index contributed by atoms with van der Waals surface area (Å²) in [5.74, 6) is 0. The zero-order valence-corrected chi connectivity index (χ0v) is 17.4. The molecule has 0 heterocycles. The van der Waals surface area contributed by atoms with Crippen LogP contribution >= 0.6 is 0 Å². The van der Waals surface area contributed by atoms with Crippen LogP contribution in [0.3, 0.4) is 0 Å². The Bertz CT molecular complexity index is 532. The lowest BCUT2D eigenvalue weighted by atomic mass is 10.0. The highest BCUT2D eigenvalue weighted by Gasteiger charge is 2.13. The molecule has 0 aliphatic heterocycles. The van der Waals surface area contributed by atoms with Crippen molar-refractivity contribution in [3.05, 3.63) is 30.3 Å². The second-order valence-electron chi connectivity index (χ2n) is 7.19. The van der Waals surface area contributed by atoms with E-state index >= 15 is 0 Å². The molecule has 3 nitrogen and oxygen atoms in total. The SMILES string of the molecule is CCCCCCCCCCCCCCCCOS(=O)(=O)c1ccccc1.[MgH2]. The van der Waals surface area contributed by atoms with Crippen LogP contribution in [0.1, 0.15) is 96.8 Å². The van der Waals surface area contributed by atoms with Crippen molar-refractivity contribution in [2.45, 2.75) is 102 Å². The van der Waals surface area contributed by atoms with Crippen molar-refractivity contribution in [2.75, 3.05) is 6.61 Å². The summed E-state index contributed by atoms with van der Waals surface area (Å²) in [7, 11) is -3.58. The van der Waals surface area contributed by atoms with Crippen LogP contribution in [0.15, 0.2) is 35.2 Å². The number of hydrogen-bond donors (Lipinski definition) is 0. The molecule has 0 aliphatic carbocycles. The van der Waals surface area contributed by atoms with Gasteiger partial charge in [0.05, 0.1) is 11.5 Å². The fraction of sp³-hybridized carbons (Fsp3) is 0.727. The van der Waals surface area contributed by atoms with Crippen molar-refractivity contribution in [3.63, 3.8) is 0 Å². The molecule has 0 radical (unpaired) electrons. The van der Waals surface area contributed by atoms with E-state index in [1.807, 2.05) is 0 Å². The van der Waals surface area contributed by atoms with Gasteiger partial charge in [-0.3, -0.25) is 4.18 Å². The highest BCUT2D eigenvalue weighted by molar-refractivity contribution is 7.86. The first-order valence-corrected chi connectivity index (χ1v) is 12.0. The fourth-order valence-corrected chi connectivity index (χ4v) is 4.08. The highest BCUT2D eigenvalue weighted by Crippen LogP contribution is 2.14. The fourth-order valence-electron chi connectivity index (χ4n) is 3.12. The summed E-state index contributed by atoms with van der Waals surface area (Å²) in [6.07, 6.45) is 18.0. The second kappa shape index (κ2) is 18.0. The molecule has 0 amide bonds. The second-order valence-corrected chi connectivity index (χ2v) is 8.80. The molecule has 0 aromatic heterocycles. The van der Waals surface area contributed by atoms with Gasteiger partial charge in [0.2, 0.25) is 0 Å². The lowest BCUT2D eigenvalue weighted by Gasteiger charge is -2.06. The molecule has 0 atom stereocenters. The third kappa shape index (κ3) is 14.5. The molecule has 0 aliphatic rings. The van der Waals surface area contributed by atoms with Gasteiger partial charge >= 0.3 is 23.1 Å². The molecule has 154 valence electrons. The van der Waals surface area contributed by atoms with Crippen molar-refractivity contribution in [2.24, 2.45) is 0 Å². The molecule has 0 spiro atoms. The van der Waals surface area contributed by atoms with E-state index in [-0.39, 0.29) is 34.6 Å². The molecular formula is C22H40MgO3S. The molecule has 0 fully saturated rings. The Hall–Kier alpha value is -0.104. The minimum Gasteiger partial charge on any atom is -0.266 e. The molecule has 1 aromatic carbocycles. The van der Waals surface area contributed by atoms with Crippen molar-refractivity contribution in [3.8, 4) is 0 Å². The van der Waals surface area contributed by atoms with Crippen LogP contribution in [0.25, 0.3) is 0 Å². The van der Waals surface area contributed by atoms with E-state index in [0.717, 1.165) is 12.8 Å². The van der Waals surface area contributed by atoms with Gasteiger partial charge in [0.15, 0.2) is 0 Å². The van der Waals surface area contributed by atoms with E-state index in [4.69, 9.17) is 4.18 Å². The monoisotopic (exact) mass is 408 g/mol. The van der Waals surface area contributed by atoms with E-state index in [0.29, 0.717) is 0 Å². The summed E-state index contributed by atoms with van der Waals surface area (Å²) in [5, 5.41) is 0. The summed E-state index contributed by atoms with van der Waals surface area (Å²) < 4.78 is 29.0. The largest absolute Gasteiger partial charge is 0.316 e. The van der Waals surface area contributed by atoms with E-state index in [9.17, 15) is 8.42 Å². The molecule has 1 aromatic rings. The minimum absolute atomic E-state index is 0. The summed E-state index contributed by atoms with van der Waals surface area (Å²) in [6, 6.07) is 8.36. The van der Waals surface area contributed by atoms with Gasteiger partial charge in [0.1, 0.15) is 0 Å². The third-order valence-electron chi connectivity index (χ3n) is 4.77. The summed E-state index contributed by atoms with van der Waals surface area (Å²) in [4.78, 5) is 0.241. The molecule has 27 heavy (non-hydrogen) atoms. The first-order chi connectivity index (χ1) is 12.7. The molecule has 1 rings (SSSR count). The number of rotatable bonds is 17. The Morgan fingerprint density at radius 3 is 1.52 bits per heavy atom. The number of unbranched alkanes of at least 4 members (excludes halogenated alkanes) is 13. The van der Waals surface area contributed by atoms with Crippen LogP contribution in [0.5, 0.6) is 0 Å². The molecule has 0 unspecified atom stereocenters. The lowest BCUT2D eigenvalue weighted by molar-refractivity contribution is 0.306. The van der Waals surface area contributed by atoms with Crippen molar-refractivity contribution >= 4 is 33.2 Å². The summed E-state index contributed by atoms with van der Waals surface area (Å²) >= 11 is 0. The van der Waals surface area contributed by atoms with E-state index in [1.165, 1.54) is 77.0 Å². The maximum atomic E-state index is 11.9. The van der Waals surface area contributed by atoms with Crippen LogP contribution in [0, 0.1) is 0 Å². The molecule has 0 bridgehead atoms. The molecule has 5 heteroatoms. The average molecular weight is 409 g/mol. The van der Waals surface area contributed by atoms with E-state index < -0.39 is 10.1 Å². The van der Waals surface area contributed by atoms with Crippen LogP contribution < -0.4 is 0 Å². The predicted molar refractivity (Wildman–Crippen MR) is 118 cm³/mol. The molecular weight excluding hydrogens is 369 g/mol. The van der Waals surface area contributed by atoms with Crippen LogP contribution in [-0.4, -0.2) is 38.1 Å². The number of hydrogen-bond acceptors (Lipinski definition) is 3. The minimum atomic E-state index is -3.58. The van der Waals surface area contributed by atoms with Gasteiger partial charge in [-0.2, -0.15) is 8.42 Å². The normalized spacial score (nSPS) is 11.3. The Morgan fingerprint density at radius 2 is 1.07 bits per heavy atom. The van der Waals surface area contributed by atoms with Crippen LogP contribution in [0.4, 0.5) is 0 Å².